The third-order valence-electron chi connectivity index (χ3n) is 2.78. The molecule has 0 aliphatic heterocycles. The molecule has 0 bridgehead atoms. The molecule has 2 aromatic carbocycles. The van der Waals surface area contributed by atoms with Crippen LogP contribution in [0.2, 0.25) is 0 Å². The van der Waals surface area contributed by atoms with Crippen LogP contribution >= 0.6 is 0 Å². The molecule has 0 fully saturated rings. The Morgan fingerprint density at radius 3 is 2.58 bits per heavy atom. The van der Waals surface area contributed by atoms with Gasteiger partial charge in [0.25, 0.3) is 0 Å². The number of nitrogens with one attached hydrogen (secondary N) is 1. The second-order valence-corrected chi connectivity index (χ2v) is 4.11. The SMILES string of the molecule is NC(=O)c1ccc(NCc2ccccc2N)c(F)c1. The Morgan fingerprint density at radius 1 is 1.21 bits per heavy atom. The van der Waals surface area contributed by atoms with E-state index in [1.165, 1.54) is 12.1 Å². The van der Waals surface area contributed by atoms with E-state index < -0.39 is 11.7 Å². The predicted molar refractivity (Wildman–Crippen MR) is 73.1 cm³/mol. The summed E-state index contributed by atoms with van der Waals surface area (Å²) in [6.07, 6.45) is 0. The normalized spacial score (nSPS) is 10.2. The quantitative estimate of drug-likeness (QED) is 0.736. The fourth-order valence-electron chi connectivity index (χ4n) is 1.70. The monoisotopic (exact) mass is 259 g/mol. The van der Waals surface area contributed by atoms with Gasteiger partial charge in [0.05, 0.1) is 5.69 Å². The molecule has 0 aliphatic rings. The number of primary amides is 1. The van der Waals surface area contributed by atoms with Crippen molar-refractivity contribution in [3.05, 3.63) is 59.4 Å². The number of amides is 1. The highest BCUT2D eigenvalue weighted by Crippen LogP contribution is 2.18. The van der Waals surface area contributed by atoms with E-state index in [0.717, 1.165) is 11.6 Å². The average Bonchev–Trinajstić information content (AvgIpc) is 2.39. The van der Waals surface area contributed by atoms with Crippen molar-refractivity contribution in [2.75, 3.05) is 11.1 Å². The van der Waals surface area contributed by atoms with E-state index in [-0.39, 0.29) is 5.56 Å². The summed E-state index contributed by atoms with van der Waals surface area (Å²) < 4.78 is 13.7. The number of hydrogen-bond donors (Lipinski definition) is 3. The Labute approximate surface area is 110 Å². The highest BCUT2D eigenvalue weighted by molar-refractivity contribution is 5.93. The number of para-hydroxylation sites is 1. The van der Waals surface area contributed by atoms with Crippen LogP contribution in [0.4, 0.5) is 15.8 Å². The Morgan fingerprint density at radius 2 is 1.95 bits per heavy atom. The van der Waals surface area contributed by atoms with Gasteiger partial charge in [-0.3, -0.25) is 4.79 Å². The minimum Gasteiger partial charge on any atom is -0.398 e. The molecule has 5 heteroatoms. The molecule has 0 spiro atoms. The van der Waals surface area contributed by atoms with Gasteiger partial charge < -0.3 is 16.8 Å². The molecular formula is C14H14FN3O. The number of halogens is 1. The summed E-state index contributed by atoms with van der Waals surface area (Å²) >= 11 is 0. The Kier molecular flexibility index (Phi) is 3.66. The van der Waals surface area contributed by atoms with Gasteiger partial charge in [0.2, 0.25) is 5.91 Å². The average molecular weight is 259 g/mol. The lowest BCUT2D eigenvalue weighted by Crippen LogP contribution is -2.12. The second kappa shape index (κ2) is 5.39. The van der Waals surface area contributed by atoms with Gasteiger partial charge in [0.1, 0.15) is 5.82 Å². The zero-order valence-electron chi connectivity index (χ0n) is 10.2. The van der Waals surface area contributed by atoms with Gasteiger partial charge in [-0.2, -0.15) is 0 Å². The lowest BCUT2D eigenvalue weighted by molar-refractivity contribution is 0.1000. The topological polar surface area (TPSA) is 81.1 Å². The van der Waals surface area contributed by atoms with Gasteiger partial charge in [-0.05, 0) is 29.8 Å². The standard InChI is InChI=1S/C14H14FN3O/c15-11-7-9(14(17)19)5-6-13(11)18-8-10-3-1-2-4-12(10)16/h1-7,18H,8,16H2,(H2,17,19). The number of nitrogen functional groups attached to an aromatic ring is 1. The van der Waals surface area contributed by atoms with Crippen LogP contribution in [0.15, 0.2) is 42.5 Å². The van der Waals surface area contributed by atoms with Crippen molar-refractivity contribution in [3.8, 4) is 0 Å². The number of carbonyl (C=O) groups is 1. The maximum absolute atomic E-state index is 13.7. The molecule has 98 valence electrons. The van der Waals surface area contributed by atoms with Crippen LogP contribution < -0.4 is 16.8 Å². The zero-order valence-corrected chi connectivity index (χ0v) is 10.2. The lowest BCUT2D eigenvalue weighted by Gasteiger charge is -2.10. The van der Waals surface area contributed by atoms with E-state index in [0.29, 0.717) is 17.9 Å². The van der Waals surface area contributed by atoms with Crippen LogP contribution in [-0.4, -0.2) is 5.91 Å². The highest BCUT2D eigenvalue weighted by Gasteiger charge is 2.07. The minimum absolute atomic E-state index is 0.141. The van der Waals surface area contributed by atoms with Crippen molar-refractivity contribution in [1.29, 1.82) is 0 Å². The molecule has 0 aromatic heterocycles. The largest absolute Gasteiger partial charge is 0.398 e. The Bertz CT molecular complexity index is 613. The van der Waals surface area contributed by atoms with Crippen LogP contribution in [-0.2, 0) is 6.54 Å². The first kappa shape index (κ1) is 12.9. The van der Waals surface area contributed by atoms with E-state index in [9.17, 15) is 9.18 Å². The second-order valence-electron chi connectivity index (χ2n) is 4.11. The molecular weight excluding hydrogens is 245 g/mol. The van der Waals surface area contributed by atoms with Gasteiger partial charge in [-0.25, -0.2) is 4.39 Å². The third kappa shape index (κ3) is 3.01. The number of hydrogen-bond acceptors (Lipinski definition) is 3. The van der Waals surface area contributed by atoms with Crippen molar-refractivity contribution in [2.45, 2.75) is 6.54 Å². The van der Waals surface area contributed by atoms with E-state index in [4.69, 9.17) is 11.5 Å². The van der Waals surface area contributed by atoms with Gasteiger partial charge in [-0.15, -0.1) is 0 Å². The predicted octanol–water partition coefficient (Wildman–Crippen LogP) is 2.12. The molecule has 19 heavy (non-hydrogen) atoms. The van der Waals surface area contributed by atoms with Gasteiger partial charge in [0.15, 0.2) is 0 Å². The fraction of sp³-hybridized carbons (Fsp3) is 0.0714. The number of carbonyl (C=O) groups excluding carboxylic acids is 1. The molecule has 0 aliphatic carbocycles. The summed E-state index contributed by atoms with van der Waals surface area (Å²) in [5.74, 6) is -1.18. The molecule has 4 nitrogen and oxygen atoms in total. The van der Waals surface area contributed by atoms with Crippen LogP contribution in [0, 0.1) is 5.82 Å². The minimum atomic E-state index is -0.655. The Hall–Kier alpha value is -2.56. The summed E-state index contributed by atoms with van der Waals surface area (Å²) in [5.41, 5.74) is 12.8. The first-order chi connectivity index (χ1) is 9.08. The zero-order chi connectivity index (χ0) is 13.8. The smallest absolute Gasteiger partial charge is 0.248 e. The fourth-order valence-corrected chi connectivity index (χ4v) is 1.70. The molecule has 2 rings (SSSR count). The maximum atomic E-state index is 13.7. The van der Waals surface area contributed by atoms with Gasteiger partial charge in [-0.1, -0.05) is 18.2 Å². The molecule has 2 aromatic rings. The molecule has 5 N–H and O–H groups in total. The molecule has 0 heterocycles. The van der Waals surface area contributed by atoms with E-state index in [1.54, 1.807) is 6.07 Å². The summed E-state index contributed by atoms with van der Waals surface area (Å²) in [6, 6.07) is 11.4. The molecule has 0 atom stereocenters. The molecule has 0 saturated carbocycles. The molecule has 0 saturated heterocycles. The number of anilines is 2. The van der Waals surface area contributed by atoms with E-state index in [1.807, 2.05) is 18.2 Å². The first-order valence-corrected chi connectivity index (χ1v) is 5.74. The van der Waals surface area contributed by atoms with Crippen molar-refractivity contribution in [2.24, 2.45) is 5.73 Å². The van der Waals surface area contributed by atoms with Gasteiger partial charge in [0, 0.05) is 17.8 Å². The van der Waals surface area contributed by atoms with Crippen molar-refractivity contribution in [1.82, 2.24) is 0 Å². The van der Waals surface area contributed by atoms with Gasteiger partial charge >= 0.3 is 0 Å². The molecule has 0 unspecified atom stereocenters. The maximum Gasteiger partial charge on any atom is 0.248 e. The molecule has 0 radical (unpaired) electrons. The van der Waals surface area contributed by atoms with E-state index >= 15 is 0 Å². The first-order valence-electron chi connectivity index (χ1n) is 5.74. The van der Waals surface area contributed by atoms with Crippen LogP contribution in [0.25, 0.3) is 0 Å². The van der Waals surface area contributed by atoms with Crippen LogP contribution in [0.1, 0.15) is 15.9 Å². The van der Waals surface area contributed by atoms with Crippen molar-refractivity contribution in [3.63, 3.8) is 0 Å². The number of nitrogens with two attached hydrogens (primary N) is 2. The molecule has 1 amide bonds. The summed E-state index contributed by atoms with van der Waals surface area (Å²) in [6.45, 7) is 0.402. The Balaban J connectivity index is 2.12. The van der Waals surface area contributed by atoms with E-state index in [2.05, 4.69) is 5.32 Å². The lowest BCUT2D eigenvalue weighted by atomic mass is 10.1. The van der Waals surface area contributed by atoms with Crippen molar-refractivity contribution < 1.29 is 9.18 Å². The number of rotatable bonds is 4. The highest BCUT2D eigenvalue weighted by atomic mass is 19.1. The third-order valence-corrected chi connectivity index (χ3v) is 2.78. The summed E-state index contributed by atoms with van der Waals surface area (Å²) in [7, 11) is 0. The number of benzene rings is 2. The summed E-state index contributed by atoms with van der Waals surface area (Å²) in [5, 5.41) is 2.93. The van der Waals surface area contributed by atoms with Crippen molar-refractivity contribution >= 4 is 17.3 Å². The summed E-state index contributed by atoms with van der Waals surface area (Å²) in [4.78, 5) is 10.9. The van der Waals surface area contributed by atoms with Crippen LogP contribution in [0.5, 0.6) is 0 Å². The van der Waals surface area contributed by atoms with Crippen LogP contribution in [0.3, 0.4) is 0 Å².